The number of fused-ring (bicyclic) bond motifs is 1. The molecule has 0 radical (unpaired) electrons. The summed E-state index contributed by atoms with van der Waals surface area (Å²) in [5.74, 6) is -0.469. The Morgan fingerprint density at radius 3 is 2.83 bits per heavy atom. The predicted molar refractivity (Wildman–Crippen MR) is 88.9 cm³/mol. The van der Waals surface area contributed by atoms with Gasteiger partial charge < -0.3 is 10.3 Å². The van der Waals surface area contributed by atoms with Gasteiger partial charge in [0.1, 0.15) is 5.82 Å². The number of carbonyl (C=O) groups is 1. The van der Waals surface area contributed by atoms with Crippen molar-refractivity contribution in [3.05, 3.63) is 48.5 Å². The monoisotopic (exact) mass is 330 g/mol. The largest absolute Gasteiger partial charge is 0.332 e. The van der Waals surface area contributed by atoms with Crippen molar-refractivity contribution in [2.75, 3.05) is 5.32 Å². The van der Waals surface area contributed by atoms with Crippen LogP contribution in [-0.2, 0) is 4.79 Å². The number of carbonyl (C=O) groups excluding carboxylic acids is 1. The predicted octanol–water partition coefficient (Wildman–Crippen LogP) is 3.61. The zero-order valence-electron chi connectivity index (χ0n) is 12.4. The lowest BCUT2D eigenvalue weighted by molar-refractivity contribution is -0.115. The van der Waals surface area contributed by atoms with Crippen LogP contribution in [-0.4, -0.2) is 26.1 Å². The van der Waals surface area contributed by atoms with Gasteiger partial charge in [0, 0.05) is 11.9 Å². The Hall–Kier alpha value is -2.41. The number of imidazole rings is 1. The third-order valence-electron chi connectivity index (χ3n) is 3.29. The first-order chi connectivity index (χ1) is 11.2. The standard InChI is InChI=1S/C16H15FN4OS/c1-2-14(15(22)19-11-5-3-10(17)4-6-11)23-16-20-12-7-8-18-9-13(12)21-16/h3-9,14H,2H2,1H3,(H,19,22)(H,20,21)/t14-/m1/s1. The molecule has 0 saturated heterocycles. The molecule has 2 heterocycles. The molecular weight excluding hydrogens is 315 g/mol. The average Bonchev–Trinajstić information content (AvgIpc) is 2.97. The maximum Gasteiger partial charge on any atom is 0.237 e. The van der Waals surface area contributed by atoms with Gasteiger partial charge in [0.05, 0.1) is 22.5 Å². The van der Waals surface area contributed by atoms with Gasteiger partial charge in [0.25, 0.3) is 0 Å². The summed E-state index contributed by atoms with van der Waals surface area (Å²) in [5, 5.41) is 3.17. The number of halogens is 1. The van der Waals surface area contributed by atoms with Gasteiger partial charge in [-0.1, -0.05) is 18.7 Å². The van der Waals surface area contributed by atoms with E-state index in [1.54, 1.807) is 12.4 Å². The van der Waals surface area contributed by atoms with E-state index in [0.29, 0.717) is 17.3 Å². The van der Waals surface area contributed by atoms with E-state index in [-0.39, 0.29) is 17.0 Å². The fourth-order valence-corrected chi connectivity index (χ4v) is 3.02. The SMILES string of the molecule is CC[C@@H](Sc1nc2ccncc2[nH]1)C(=O)Nc1ccc(F)cc1. The Balaban J connectivity index is 1.71. The third kappa shape index (κ3) is 3.68. The molecule has 2 aromatic heterocycles. The van der Waals surface area contributed by atoms with Crippen molar-refractivity contribution >= 4 is 34.4 Å². The van der Waals surface area contributed by atoms with Gasteiger partial charge in [-0.05, 0) is 36.8 Å². The lowest BCUT2D eigenvalue weighted by atomic mass is 10.2. The highest BCUT2D eigenvalue weighted by Crippen LogP contribution is 2.26. The smallest absolute Gasteiger partial charge is 0.237 e. The molecule has 23 heavy (non-hydrogen) atoms. The number of rotatable bonds is 5. The van der Waals surface area contributed by atoms with Gasteiger partial charge in [-0.15, -0.1) is 0 Å². The number of thioether (sulfide) groups is 1. The van der Waals surface area contributed by atoms with E-state index in [1.165, 1.54) is 36.0 Å². The van der Waals surface area contributed by atoms with Crippen molar-refractivity contribution in [1.82, 2.24) is 15.0 Å². The number of aromatic nitrogens is 3. The lowest BCUT2D eigenvalue weighted by Crippen LogP contribution is -2.24. The second-order valence-electron chi connectivity index (χ2n) is 4.95. The van der Waals surface area contributed by atoms with Crippen molar-refractivity contribution in [1.29, 1.82) is 0 Å². The molecule has 0 saturated carbocycles. The molecule has 5 nitrogen and oxygen atoms in total. The molecule has 0 fully saturated rings. The normalized spacial score (nSPS) is 12.3. The molecule has 1 atom stereocenters. The zero-order valence-corrected chi connectivity index (χ0v) is 13.2. The molecule has 3 rings (SSSR count). The van der Waals surface area contributed by atoms with Crippen LogP contribution in [0.2, 0.25) is 0 Å². The van der Waals surface area contributed by atoms with E-state index < -0.39 is 0 Å². The number of nitrogens with zero attached hydrogens (tertiary/aromatic N) is 2. The van der Waals surface area contributed by atoms with Crippen molar-refractivity contribution in [3.63, 3.8) is 0 Å². The Morgan fingerprint density at radius 2 is 2.13 bits per heavy atom. The summed E-state index contributed by atoms with van der Waals surface area (Å²) in [6, 6.07) is 7.52. The van der Waals surface area contributed by atoms with E-state index in [1.807, 2.05) is 13.0 Å². The van der Waals surface area contributed by atoms with Gasteiger partial charge in [-0.3, -0.25) is 9.78 Å². The van der Waals surface area contributed by atoms with Crippen LogP contribution in [0, 0.1) is 5.82 Å². The van der Waals surface area contributed by atoms with Gasteiger partial charge in [0.15, 0.2) is 5.16 Å². The number of nitrogens with one attached hydrogen (secondary N) is 2. The van der Waals surface area contributed by atoms with Crippen LogP contribution in [0.15, 0.2) is 47.9 Å². The van der Waals surface area contributed by atoms with Crippen molar-refractivity contribution in [2.24, 2.45) is 0 Å². The number of hydrogen-bond acceptors (Lipinski definition) is 4. The van der Waals surface area contributed by atoms with Crippen LogP contribution in [0.4, 0.5) is 10.1 Å². The molecule has 118 valence electrons. The Bertz CT molecular complexity index is 785. The van der Waals surface area contributed by atoms with Gasteiger partial charge in [-0.2, -0.15) is 0 Å². The minimum absolute atomic E-state index is 0.136. The van der Waals surface area contributed by atoms with Gasteiger partial charge >= 0.3 is 0 Å². The minimum Gasteiger partial charge on any atom is -0.332 e. The maximum atomic E-state index is 12.9. The third-order valence-corrected chi connectivity index (χ3v) is 4.54. The molecule has 0 aliphatic rings. The summed E-state index contributed by atoms with van der Waals surface area (Å²) in [6.45, 7) is 1.94. The summed E-state index contributed by atoms with van der Waals surface area (Å²) in [4.78, 5) is 24.0. The second-order valence-corrected chi connectivity index (χ2v) is 6.14. The molecule has 0 aliphatic carbocycles. The van der Waals surface area contributed by atoms with E-state index in [9.17, 15) is 9.18 Å². The highest BCUT2D eigenvalue weighted by molar-refractivity contribution is 8.00. The number of benzene rings is 1. The highest BCUT2D eigenvalue weighted by Gasteiger charge is 2.20. The molecule has 1 aromatic carbocycles. The van der Waals surface area contributed by atoms with E-state index >= 15 is 0 Å². The van der Waals surface area contributed by atoms with Crippen LogP contribution in [0.1, 0.15) is 13.3 Å². The maximum absolute atomic E-state index is 12.9. The first-order valence-electron chi connectivity index (χ1n) is 7.18. The number of H-pyrrole nitrogens is 1. The molecule has 7 heteroatoms. The molecule has 3 aromatic rings. The molecule has 0 unspecified atom stereocenters. The molecule has 0 bridgehead atoms. The summed E-state index contributed by atoms with van der Waals surface area (Å²) >= 11 is 1.36. The zero-order chi connectivity index (χ0) is 16.2. The fraction of sp³-hybridized carbons (Fsp3) is 0.188. The first-order valence-corrected chi connectivity index (χ1v) is 8.06. The van der Waals surface area contributed by atoms with Crippen LogP contribution in [0.3, 0.4) is 0 Å². The Labute approximate surface area is 136 Å². The molecule has 2 N–H and O–H groups in total. The summed E-state index contributed by atoms with van der Waals surface area (Å²) in [6.07, 6.45) is 4.02. The van der Waals surface area contributed by atoms with Crippen LogP contribution in [0.5, 0.6) is 0 Å². The van der Waals surface area contributed by atoms with Gasteiger partial charge in [0.2, 0.25) is 5.91 Å². The number of aromatic amines is 1. The van der Waals surface area contributed by atoms with Crippen LogP contribution < -0.4 is 5.32 Å². The quantitative estimate of drug-likeness (QED) is 0.701. The molecular formula is C16H15FN4OS. The number of anilines is 1. The number of amides is 1. The van der Waals surface area contributed by atoms with Crippen LogP contribution >= 0.6 is 11.8 Å². The summed E-state index contributed by atoms with van der Waals surface area (Å²) in [5.41, 5.74) is 2.23. The average molecular weight is 330 g/mol. The second kappa shape index (κ2) is 6.78. The minimum atomic E-state index is -0.333. The van der Waals surface area contributed by atoms with E-state index in [2.05, 4.69) is 20.3 Å². The number of hydrogen-bond donors (Lipinski definition) is 2. The topological polar surface area (TPSA) is 70.7 Å². The fourth-order valence-electron chi connectivity index (χ4n) is 2.10. The Kier molecular flexibility index (Phi) is 4.57. The summed E-state index contributed by atoms with van der Waals surface area (Å²) < 4.78 is 12.9. The van der Waals surface area contributed by atoms with Crippen molar-refractivity contribution in [3.8, 4) is 0 Å². The molecule has 1 amide bonds. The van der Waals surface area contributed by atoms with Crippen molar-refractivity contribution in [2.45, 2.75) is 23.8 Å². The molecule has 0 aliphatic heterocycles. The van der Waals surface area contributed by atoms with Gasteiger partial charge in [-0.25, -0.2) is 9.37 Å². The molecule has 0 spiro atoms. The van der Waals surface area contributed by atoms with E-state index in [0.717, 1.165) is 11.0 Å². The van der Waals surface area contributed by atoms with Crippen LogP contribution in [0.25, 0.3) is 11.0 Å². The number of pyridine rings is 1. The highest BCUT2D eigenvalue weighted by atomic mass is 32.2. The lowest BCUT2D eigenvalue weighted by Gasteiger charge is -2.13. The van der Waals surface area contributed by atoms with E-state index in [4.69, 9.17) is 0 Å². The Morgan fingerprint density at radius 1 is 1.35 bits per heavy atom. The summed E-state index contributed by atoms with van der Waals surface area (Å²) in [7, 11) is 0. The van der Waals surface area contributed by atoms with Crippen molar-refractivity contribution < 1.29 is 9.18 Å². The first kappa shape index (κ1) is 15.5.